The normalized spacial score (nSPS) is 10.5. The Morgan fingerprint density at radius 2 is 1.65 bits per heavy atom. The maximum Gasteiger partial charge on any atom is 0.123 e. The Balaban J connectivity index is 1.66. The molecule has 20 heavy (non-hydrogen) atoms. The molecule has 0 spiro atoms. The zero-order valence-corrected chi connectivity index (χ0v) is 11.7. The predicted molar refractivity (Wildman–Crippen MR) is 79.7 cm³/mol. The van der Waals surface area contributed by atoms with Crippen molar-refractivity contribution in [3.8, 4) is 5.75 Å². The van der Waals surface area contributed by atoms with Crippen molar-refractivity contribution >= 4 is 0 Å². The molecule has 2 aromatic carbocycles. The summed E-state index contributed by atoms with van der Waals surface area (Å²) in [7, 11) is 1.67. The first-order valence-electron chi connectivity index (χ1n) is 6.86. The van der Waals surface area contributed by atoms with Gasteiger partial charge in [0.2, 0.25) is 0 Å². The quantitative estimate of drug-likeness (QED) is 0.782. The number of nitrogens with one attached hydrogen (secondary N) is 1. The third-order valence-electron chi connectivity index (χ3n) is 3.23. The van der Waals surface area contributed by atoms with Gasteiger partial charge in [-0.05, 0) is 61.3 Å². The van der Waals surface area contributed by atoms with Crippen LogP contribution in [0, 0.1) is 5.82 Å². The smallest absolute Gasteiger partial charge is 0.123 e. The van der Waals surface area contributed by atoms with Gasteiger partial charge in [-0.3, -0.25) is 0 Å². The van der Waals surface area contributed by atoms with Crippen LogP contribution in [0.5, 0.6) is 5.75 Å². The van der Waals surface area contributed by atoms with E-state index in [4.69, 9.17) is 4.74 Å². The second-order valence-electron chi connectivity index (χ2n) is 4.73. The van der Waals surface area contributed by atoms with E-state index in [9.17, 15) is 4.39 Å². The number of ether oxygens (including phenoxy) is 1. The molecule has 106 valence electrons. The topological polar surface area (TPSA) is 21.3 Å². The van der Waals surface area contributed by atoms with Gasteiger partial charge in [0.1, 0.15) is 11.6 Å². The molecule has 0 atom stereocenters. The minimum atomic E-state index is -0.166. The van der Waals surface area contributed by atoms with Crippen LogP contribution in [0.25, 0.3) is 0 Å². The summed E-state index contributed by atoms with van der Waals surface area (Å²) >= 11 is 0. The van der Waals surface area contributed by atoms with Crippen molar-refractivity contribution in [1.82, 2.24) is 5.32 Å². The largest absolute Gasteiger partial charge is 0.497 e. The van der Waals surface area contributed by atoms with Gasteiger partial charge >= 0.3 is 0 Å². The van der Waals surface area contributed by atoms with E-state index in [2.05, 4.69) is 17.4 Å². The van der Waals surface area contributed by atoms with Gasteiger partial charge in [-0.15, -0.1) is 0 Å². The lowest BCUT2D eigenvalue weighted by Crippen LogP contribution is -2.20. The molecule has 2 nitrogen and oxygen atoms in total. The van der Waals surface area contributed by atoms with E-state index in [1.54, 1.807) is 19.2 Å². The standard InChI is InChI=1S/C17H20FNO/c1-20-17-7-5-14(6-8-17)9-11-19-12-10-15-3-2-4-16(18)13-15/h2-8,13,19H,9-12H2,1H3. The molecule has 2 rings (SSSR count). The Morgan fingerprint density at radius 3 is 2.30 bits per heavy atom. The summed E-state index contributed by atoms with van der Waals surface area (Å²) in [5.41, 5.74) is 2.31. The molecule has 0 heterocycles. The van der Waals surface area contributed by atoms with Gasteiger partial charge in [0, 0.05) is 0 Å². The lowest BCUT2D eigenvalue weighted by atomic mass is 10.1. The third kappa shape index (κ3) is 4.67. The number of rotatable bonds is 7. The Bertz CT molecular complexity index is 525. The van der Waals surface area contributed by atoms with Crippen LogP contribution in [-0.4, -0.2) is 20.2 Å². The summed E-state index contributed by atoms with van der Waals surface area (Å²) in [6, 6.07) is 14.9. The Morgan fingerprint density at radius 1 is 0.950 bits per heavy atom. The molecule has 2 aromatic rings. The molecule has 0 aromatic heterocycles. The van der Waals surface area contributed by atoms with Crippen molar-refractivity contribution in [2.24, 2.45) is 0 Å². The van der Waals surface area contributed by atoms with Crippen molar-refractivity contribution in [3.63, 3.8) is 0 Å². The Hall–Kier alpha value is -1.87. The van der Waals surface area contributed by atoms with E-state index in [1.807, 2.05) is 18.2 Å². The van der Waals surface area contributed by atoms with Gasteiger partial charge in [-0.1, -0.05) is 24.3 Å². The van der Waals surface area contributed by atoms with E-state index >= 15 is 0 Å². The maximum absolute atomic E-state index is 13.0. The summed E-state index contributed by atoms with van der Waals surface area (Å²) in [4.78, 5) is 0. The van der Waals surface area contributed by atoms with Gasteiger partial charge in [-0.25, -0.2) is 4.39 Å². The molecule has 0 unspecified atom stereocenters. The van der Waals surface area contributed by atoms with E-state index in [1.165, 1.54) is 11.6 Å². The minimum absolute atomic E-state index is 0.166. The second-order valence-corrected chi connectivity index (χ2v) is 4.73. The van der Waals surface area contributed by atoms with Crippen LogP contribution >= 0.6 is 0 Å². The molecule has 3 heteroatoms. The molecule has 0 aliphatic carbocycles. The number of hydrogen-bond acceptors (Lipinski definition) is 2. The van der Waals surface area contributed by atoms with Crippen molar-refractivity contribution in [3.05, 3.63) is 65.5 Å². The molecule has 0 radical (unpaired) electrons. The molecular weight excluding hydrogens is 253 g/mol. The van der Waals surface area contributed by atoms with Crippen LogP contribution in [0.1, 0.15) is 11.1 Å². The number of methoxy groups -OCH3 is 1. The number of benzene rings is 2. The van der Waals surface area contributed by atoms with Gasteiger partial charge in [0.25, 0.3) is 0 Å². The van der Waals surface area contributed by atoms with Crippen LogP contribution in [0.4, 0.5) is 4.39 Å². The summed E-state index contributed by atoms with van der Waals surface area (Å²) in [6.45, 7) is 1.78. The summed E-state index contributed by atoms with van der Waals surface area (Å²) < 4.78 is 18.1. The van der Waals surface area contributed by atoms with Crippen molar-refractivity contribution in [1.29, 1.82) is 0 Å². The number of halogens is 1. The van der Waals surface area contributed by atoms with Gasteiger partial charge in [0.15, 0.2) is 0 Å². The molecule has 0 aliphatic heterocycles. The lowest BCUT2D eigenvalue weighted by molar-refractivity contribution is 0.414. The zero-order chi connectivity index (χ0) is 14.2. The van der Waals surface area contributed by atoms with Crippen LogP contribution in [0.15, 0.2) is 48.5 Å². The monoisotopic (exact) mass is 273 g/mol. The average molecular weight is 273 g/mol. The van der Waals surface area contributed by atoms with Crippen LogP contribution in [-0.2, 0) is 12.8 Å². The highest BCUT2D eigenvalue weighted by atomic mass is 19.1. The summed E-state index contributed by atoms with van der Waals surface area (Å²) in [5.74, 6) is 0.716. The molecule has 0 bridgehead atoms. The zero-order valence-electron chi connectivity index (χ0n) is 11.7. The van der Waals surface area contributed by atoms with E-state index in [0.29, 0.717) is 0 Å². The lowest BCUT2D eigenvalue weighted by Gasteiger charge is -2.06. The fraction of sp³-hybridized carbons (Fsp3) is 0.294. The molecule has 0 saturated heterocycles. The fourth-order valence-electron chi connectivity index (χ4n) is 2.08. The van der Waals surface area contributed by atoms with E-state index in [0.717, 1.165) is 37.2 Å². The van der Waals surface area contributed by atoms with Crippen LogP contribution < -0.4 is 10.1 Å². The van der Waals surface area contributed by atoms with Gasteiger partial charge < -0.3 is 10.1 Å². The number of hydrogen-bond donors (Lipinski definition) is 1. The molecule has 0 amide bonds. The highest BCUT2D eigenvalue weighted by Crippen LogP contribution is 2.11. The first-order valence-corrected chi connectivity index (χ1v) is 6.86. The SMILES string of the molecule is COc1ccc(CCNCCc2cccc(F)c2)cc1. The maximum atomic E-state index is 13.0. The molecule has 0 saturated carbocycles. The highest BCUT2D eigenvalue weighted by molar-refractivity contribution is 5.27. The first-order chi connectivity index (χ1) is 9.78. The van der Waals surface area contributed by atoms with Crippen molar-refractivity contribution in [2.75, 3.05) is 20.2 Å². The second kappa shape index (κ2) is 7.65. The molecule has 0 aliphatic rings. The van der Waals surface area contributed by atoms with Crippen molar-refractivity contribution in [2.45, 2.75) is 12.8 Å². The van der Waals surface area contributed by atoms with Crippen LogP contribution in [0.2, 0.25) is 0 Å². The molecule has 0 fully saturated rings. The Kier molecular flexibility index (Phi) is 5.56. The van der Waals surface area contributed by atoms with Gasteiger partial charge in [-0.2, -0.15) is 0 Å². The average Bonchev–Trinajstić information content (AvgIpc) is 2.48. The summed E-state index contributed by atoms with van der Waals surface area (Å²) in [6.07, 6.45) is 1.83. The molecular formula is C17H20FNO. The first kappa shape index (κ1) is 14.5. The van der Waals surface area contributed by atoms with Crippen molar-refractivity contribution < 1.29 is 9.13 Å². The molecule has 1 N–H and O–H groups in total. The third-order valence-corrected chi connectivity index (χ3v) is 3.23. The van der Waals surface area contributed by atoms with Gasteiger partial charge in [0.05, 0.1) is 7.11 Å². The fourth-order valence-corrected chi connectivity index (χ4v) is 2.08. The summed E-state index contributed by atoms with van der Waals surface area (Å²) in [5, 5.41) is 3.38. The van der Waals surface area contributed by atoms with E-state index < -0.39 is 0 Å². The van der Waals surface area contributed by atoms with E-state index in [-0.39, 0.29) is 5.82 Å². The Labute approximate surface area is 119 Å². The minimum Gasteiger partial charge on any atom is -0.497 e. The van der Waals surface area contributed by atoms with Crippen LogP contribution in [0.3, 0.4) is 0 Å². The predicted octanol–water partition coefficient (Wildman–Crippen LogP) is 3.21. The highest BCUT2D eigenvalue weighted by Gasteiger charge is 1.97.